The largest absolute Gasteiger partial charge is 0.0991 e. The zero-order chi connectivity index (χ0) is 11.0. The van der Waals surface area contributed by atoms with Crippen LogP contribution in [0.3, 0.4) is 0 Å². The van der Waals surface area contributed by atoms with Gasteiger partial charge in [0.15, 0.2) is 0 Å². The van der Waals surface area contributed by atoms with E-state index in [0.29, 0.717) is 0 Å². The molecule has 0 fully saturated rings. The smallest absolute Gasteiger partial charge is 0.0395 e. The third-order valence-electron chi connectivity index (χ3n) is 1.98. The number of hydrogen-bond donors (Lipinski definition) is 0. The summed E-state index contributed by atoms with van der Waals surface area (Å²) in [6.07, 6.45) is 12.2. The Morgan fingerprint density at radius 1 is 1.00 bits per heavy atom. The van der Waals surface area contributed by atoms with Gasteiger partial charge in [-0.3, -0.25) is 0 Å². The van der Waals surface area contributed by atoms with Crippen LogP contribution in [-0.4, -0.2) is 0 Å². The first-order valence-corrected chi connectivity index (χ1v) is 4.89. The van der Waals surface area contributed by atoms with Gasteiger partial charge in [-0.15, -0.1) is 0 Å². The lowest BCUT2D eigenvalue weighted by Gasteiger charge is -1.98. The Bertz CT molecular complexity index is 296. The summed E-state index contributed by atoms with van der Waals surface area (Å²) in [5.41, 5.74) is 3.84. The molecule has 0 heteroatoms. The third kappa shape index (κ3) is 5.36. The van der Waals surface area contributed by atoms with Gasteiger partial charge in [-0.05, 0) is 38.8 Å². The Morgan fingerprint density at radius 2 is 1.64 bits per heavy atom. The first kappa shape index (κ1) is 12.7. The van der Waals surface area contributed by atoms with Gasteiger partial charge in [0.05, 0.1) is 0 Å². The maximum Gasteiger partial charge on any atom is -0.0395 e. The van der Waals surface area contributed by atoms with Crippen LogP contribution in [0.25, 0.3) is 0 Å². The van der Waals surface area contributed by atoms with Crippen LogP contribution in [0.2, 0.25) is 0 Å². The quantitative estimate of drug-likeness (QED) is 0.566. The lowest BCUT2D eigenvalue weighted by molar-refractivity contribution is 1.34. The molecule has 0 heterocycles. The summed E-state index contributed by atoms with van der Waals surface area (Å²) in [4.78, 5) is 0. The molecule has 0 aliphatic rings. The molecule has 0 N–H and O–H groups in total. The molecule has 76 valence electrons. The van der Waals surface area contributed by atoms with Gasteiger partial charge in [-0.2, -0.15) is 0 Å². The monoisotopic (exact) mass is 188 g/mol. The van der Waals surface area contributed by atoms with Gasteiger partial charge in [0.2, 0.25) is 0 Å². The lowest BCUT2D eigenvalue weighted by atomic mass is 10.1. The Labute approximate surface area is 88.0 Å². The van der Waals surface area contributed by atoms with Crippen LogP contribution in [0.15, 0.2) is 59.8 Å². The van der Waals surface area contributed by atoms with Crippen molar-refractivity contribution >= 4 is 0 Å². The summed E-state index contributed by atoms with van der Waals surface area (Å²) in [5.74, 6) is 0. The molecule has 0 rings (SSSR count). The minimum atomic E-state index is 1.27. The van der Waals surface area contributed by atoms with Crippen LogP contribution in [0.1, 0.15) is 27.7 Å². The second-order valence-electron chi connectivity index (χ2n) is 3.35. The fourth-order valence-corrected chi connectivity index (χ4v) is 1.11. The predicted octanol–water partition coefficient (Wildman–Crippen LogP) is 4.59. The summed E-state index contributed by atoms with van der Waals surface area (Å²) >= 11 is 0. The summed E-state index contributed by atoms with van der Waals surface area (Å²) in [7, 11) is 0. The molecule has 0 saturated carbocycles. The van der Waals surface area contributed by atoms with Gasteiger partial charge >= 0.3 is 0 Å². The van der Waals surface area contributed by atoms with E-state index >= 15 is 0 Å². The van der Waals surface area contributed by atoms with Crippen molar-refractivity contribution in [2.75, 3.05) is 0 Å². The zero-order valence-electron chi connectivity index (χ0n) is 9.67. The van der Waals surface area contributed by atoms with E-state index in [-0.39, 0.29) is 0 Å². The van der Waals surface area contributed by atoms with Gasteiger partial charge in [0, 0.05) is 0 Å². The molecular weight excluding hydrogens is 168 g/mol. The highest BCUT2D eigenvalue weighted by Gasteiger charge is 1.89. The first-order valence-electron chi connectivity index (χ1n) is 4.89. The number of allylic oxidation sites excluding steroid dienone is 9. The van der Waals surface area contributed by atoms with E-state index in [1.54, 1.807) is 6.08 Å². The lowest BCUT2D eigenvalue weighted by Crippen LogP contribution is -1.78. The molecule has 0 spiro atoms. The Balaban J connectivity index is 4.74. The minimum absolute atomic E-state index is 1.27. The summed E-state index contributed by atoms with van der Waals surface area (Å²) < 4.78 is 0. The van der Waals surface area contributed by atoms with E-state index in [9.17, 15) is 0 Å². The van der Waals surface area contributed by atoms with Crippen LogP contribution in [0.4, 0.5) is 0 Å². The van der Waals surface area contributed by atoms with Crippen molar-refractivity contribution in [1.29, 1.82) is 0 Å². The van der Waals surface area contributed by atoms with Crippen LogP contribution in [0, 0.1) is 0 Å². The summed E-state index contributed by atoms with van der Waals surface area (Å²) in [6.45, 7) is 12.0. The van der Waals surface area contributed by atoms with Gasteiger partial charge in [0.25, 0.3) is 0 Å². The summed E-state index contributed by atoms with van der Waals surface area (Å²) in [6, 6.07) is 0. The van der Waals surface area contributed by atoms with E-state index in [4.69, 9.17) is 0 Å². The molecule has 0 aliphatic carbocycles. The van der Waals surface area contributed by atoms with Crippen molar-refractivity contribution in [2.24, 2.45) is 0 Å². The molecule has 14 heavy (non-hydrogen) atoms. The molecule has 0 radical (unpaired) electrons. The molecule has 0 aromatic heterocycles. The molecule has 0 unspecified atom stereocenters. The van der Waals surface area contributed by atoms with E-state index in [1.807, 2.05) is 19.1 Å². The zero-order valence-corrected chi connectivity index (χ0v) is 9.67. The van der Waals surface area contributed by atoms with Gasteiger partial charge in [-0.1, -0.05) is 48.6 Å². The third-order valence-corrected chi connectivity index (χ3v) is 1.98. The van der Waals surface area contributed by atoms with Crippen LogP contribution < -0.4 is 0 Å². The Kier molecular flexibility index (Phi) is 6.47. The van der Waals surface area contributed by atoms with Gasteiger partial charge in [-0.25, -0.2) is 0 Å². The average molecular weight is 188 g/mol. The van der Waals surface area contributed by atoms with E-state index < -0.39 is 0 Å². The van der Waals surface area contributed by atoms with Gasteiger partial charge < -0.3 is 0 Å². The molecule has 0 nitrogen and oxygen atoms in total. The Hall–Kier alpha value is -1.30. The van der Waals surface area contributed by atoms with Crippen LogP contribution >= 0.6 is 0 Å². The second kappa shape index (κ2) is 7.14. The first-order chi connectivity index (χ1) is 6.61. The molecular formula is C14H20. The van der Waals surface area contributed by atoms with Crippen molar-refractivity contribution < 1.29 is 0 Å². The molecule has 0 aliphatic heterocycles. The highest BCUT2D eigenvalue weighted by Crippen LogP contribution is 2.09. The second-order valence-corrected chi connectivity index (χ2v) is 3.35. The molecule has 0 aromatic carbocycles. The van der Waals surface area contributed by atoms with Crippen molar-refractivity contribution in [3.05, 3.63) is 59.8 Å². The SMILES string of the molecule is C=C/C=C/C(C)=C(C)\C=C(C)\C=C/C. The van der Waals surface area contributed by atoms with E-state index in [0.717, 1.165) is 0 Å². The predicted molar refractivity (Wildman–Crippen MR) is 66.3 cm³/mol. The number of rotatable bonds is 4. The normalized spacial score (nSPS) is 15.0. The molecule has 0 aromatic rings. The van der Waals surface area contributed by atoms with Crippen molar-refractivity contribution in [2.45, 2.75) is 27.7 Å². The van der Waals surface area contributed by atoms with E-state index in [1.165, 1.54) is 16.7 Å². The molecule has 0 amide bonds. The van der Waals surface area contributed by atoms with E-state index in [2.05, 4.69) is 45.6 Å². The summed E-state index contributed by atoms with van der Waals surface area (Å²) in [5, 5.41) is 0. The number of hydrogen-bond acceptors (Lipinski definition) is 0. The Morgan fingerprint density at radius 3 is 2.14 bits per heavy atom. The van der Waals surface area contributed by atoms with Crippen molar-refractivity contribution in [3.63, 3.8) is 0 Å². The molecule has 0 atom stereocenters. The maximum atomic E-state index is 3.65. The molecule has 0 saturated heterocycles. The standard InChI is InChI=1S/C14H20/c1-6-8-10-13(4)14(5)11-12(3)9-7-2/h6-11H,1H2,2-5H3/b9-7-,10-8+,12-11+,14-13-. The van der Waals surface area contributed by atoms with Crippen LogP contribution in [0.5, 0.6) is 0 Å². The van der Waals surface area contributed by atoms with Crippen molar-refractivity contribution in [3.8, 4) is 0 Å². The van der Waals surface area contributed by atoms with Crippen molar-refractivity contribution in [1.82, 2.24) is 0 Å². The van der Waals surface area contributed by atoms with Crippen LogP contribution in [-0.2, 0) is 0 Å². The fraction of sp³-hybridized carbons (Fsp3) is 0.286. The highest BCUT2D eigenvalue weighted by atomic mass is 14.0. The fourth-order valence-electron chi connectivity index (χ4n) is 1.11. The minimum Gasteiger partial charge on any atom is -0.0991 e. The average Bonchev–Trinajstić information content (AvgIpc) is 2.14. The topological polar surface area (TPSA) is 0 Å². The maximum absolute atomic E-state index is 3.65. The highest BCUT2D eigenvalue weighted by molar-refractivity contribution is 5.35. The molecule has 0 bridgehead atoms. The van der Waals surface area contributed by atoms with Gasteiger partial charge in [0.1, 0.15) is 0 Å².